The Balaban J connectivity index is 2.12. The van der Waals surface area contributed by atoms with Gasteiger partial charge in [-0.05, 0) is 19.9 Å². The number of nitrogens with two attached hydrogens (primary N) is 1. The molecular weight excluding hydrogens is 232 g/mol. The summed E-state index contributed by atoms with van der Waals surface area (Å²) in [5.74, 6) is -1.19. The van der Waals surface area contributed by atoms with Crippen LogP contribution >= 0.6 is 0 Å². The fourth-order valence-corrected chi connectivity index (χ4v) is 2.22. The van der Waals surface area contributed by atoms with Gasteiger partial charge in [-0.2, -0.15) is 0 Å². The van der Waals surface area contributed by atoms with Crippen molar-refractivity contribution in [3.8, 4) is 0 Å². The van der Waals surface area contributed by atoms with E-state index in [-0.39, 0.29) is 0 Å². The molecule has 0 aromatic rings. The number of nitrogens with zero attached hydrogens (tertiary/aromatic N) is 1. The highest BCUT2D eigenvalue weighted by Gasteiger charge is 2.19. The molecule has 1 rings (SSSR count). The summed E-state index contributed by atoms with van der Waals surface area (Å²) in [7, 11) is 2.07. The molecule has 1 fully saturated rings. The van der Waals surface area contributed by atoms with Gasteiger partial charge in [0.2, 0.25) is 0 Å². The Morgan fingerprint density at radius 2 is 1.72 bits per heavy atom. The van der Waals surface area contributed by atoms with Gasteiger partial charge in [-0.3, -0.25) is 9.59 Å². The first kappa shape index (κ1) is 14.9. The summed E-state index contributed by atoms with van der Waals surface area (Å²) in [5, 5.41) is 5.05. The molecule has 6 nitrogen and oxygen atoms in total. The highest BCUT2D eigenvalue weighted by molar-refractivity contribution is 6.35. The van der Waals surface area contributed by atoms with Crippen LogP contribution in [0.2, 0.25) is 0 Å². The minimum Gasteiger partial charge on any atom is -0.347 e. The van der Waals surface area contributed by atoms with E-state index in [1.54, 1.807) is 0 Å². The first-order valence-electron chi connectivity index (χ1n) is 6.61. The molecule has 1 aliphatic carbocycles. The number of amides is 2. The summed E-state index contributed by atoms with van der Waals surface area (Å²) in [5.41, 5.74) is 5.23. The van der Waals surface area contributed by atoms with Crippen LogP contribution in [0.15, 0.2) is 0 Å². The molecular formula is C12H24N4O2. The van der Waals surface area contributed by atoms with Crippen LogP contribution in [0.25, 0.3) is 0 Å². The van der Waals surface area contributed by atoms with Crippen molar-refractivity contribution in [2.75, 3.05) is 33.2 Å². The van der Waals surface area contributed by atoms with Gasteiger partial charge in [0.1, 0.15) is 0 Å². The molecule has 0 aromatic heterocycles. The van der Waals surface area contributed by atoms with Crippen molar-refractivity contribution in [3.05, 3.63) is 0 Å². The summed E-state index contributed by atoms with van der Waals surface area (Å²) in [6, 6.07) is 0.632. The van der Waals surface area contributed by atoms with Crippen molar-refractivity contribution >= 4 is 11.8 Å². The fraction of sp³-hybridized carbons (Fsp3) is 0.833. The molecule has 1 aliphatic rings. The summed E-state index contributed by atoms with van der Waals surface area (Å²) in [4.78, 5) is 24.9. The molecule has 0 unspecified atom stereocenters. The molecule has 0 saturated heterocycles. The minimum atomic E-state index is -0.607. The Hall–Kier alpha value is -1.14. The summed E-state index contributed by atoms with van der Waals surface area (Å²) >= 11 is 0. The zero-order valence-corrected chi connectivity index (χ0v) is 11.1. The van der Waals surface area contributed by atoms with Crippen LogP contribution < -0.4 is 16.4 Å². The maximum Gasteiger partial charge on any atom is 0.309 e. The first-order chi connectivity index (χ1) is 8.65. The average molecular weight is 256 g/mol. The second-order valence-electron chi connectivity index (χ2n) is 4.72. The van der Waals surface area contributed by atoms with Gasteiger partial charge in [0.05, 0.1) is 0 Å². The number of rotatable bonds is 6. The van der Waals surface area contributed by atoms with E-state index in [1.807, 2.05) is 0 Å². The highest BCUT2D eigenvalue weighted by atomic mass is 16.2. The van der Waals surface area contributed by atoms with Crippen LogP contribution in [0.3, 0.4) is 0 Å². The van der Waals surface area contributed by atoms with Crippen LogP contribution in [-0.2, 0) is 9.59 Å². The molecule has 0 aromatic carbocycles. The van der Waals surface area contributed by atoms with Crippen molar-refractivity contribution < 1.29 is 9.59 Å². The summed E-state index contributed by atoms with van der Waals surface area (Å²) in [6.45, 7) is 1.94. The summed E-state index contributed by atoms with van der Waals surface area (Å²) < 4.78 is 0. The van der Waals surface area contributed by atoms with Gasteiger partial charge in [-0.15, -0.1) is 0 Å². The molecule has 0 radical (unpaired) electrons. The Labute approximate surface area is 108 Å². The lowest BCUT2D eigenvalue weighted by molar-refractivity contribution is -0.139. The van der Waals surface area contributed by atoms with E-state index in [4.69, 9.17) is 5.73 Å². The summed E-state index contributed by atoms with van der Waals surface area (Å²) in [6.07, 6.45) is 5.06. The number of carbonyl (C=O) groups is 2. The molecule has 2 amide bonds. The van der Waals surface area contributed by atoms with Crippen LogP contribution in [0, 0.1) is 0 Å². The predicted octanol–water partition coefficient (Wildman–Crippen LogP) is -0.948. The van der Waals surface area contributed by atoms with Crippen molar-refractivity contribution in [1.82, 2.24) is 15.5 Å². The second kappa shape index (κ2) is 8.05. The van der Waals surface area contributed by atoms with Gasteiger partial charge in [0.15, 0.2) is 0 Å². The normalized spacial score (nSPS) is 15.9. The first-order valence-corrected chi connectivity index (χ1v) is 6.61. The van der Waals surface area contributed by atoms with Crippen LogP contribution in [0.1, 0.15) is 25.7 Å². The highest BCUT2D eigenvalue weighted by Crippen LogP contribution is 2.21. The zero-order valence-electron chi connectivity index (χ0n) is 11.1. The van der Waals surface area contributed by atoms with Gasteiger partial charge < -0.3 is 21.3 Å². The van der Waals surface area contributed by atoms with Crippen LogP contribution in [0.4, 0.5) is 0 Å². The fourth-order valence-electron chi connectivity index (χ4n) is 2.22. The zero-order chi connectivity index (χ0) is 13.4. The number of nitrogens with one attached hydrogen (secondary N) is 2. The SMILES string of the molecule is CN(CCNC(=O)C(=O)NCCN)C1CCCC1. The van der Waals surface area contributed by atoms with Crippen LogP contribution in [0.5, 0.6) is 0 Å². The number of hydrogen-bond acceptors (Lipinski definition) is 4. The van der Waals surface area contributed by atoms with Gasteiger partial charge in [0.25, 0.3) is 0 Å². The molecule has 0 atom stereocenters. The van der Waals surface area contributed by atoms with E-state index < -0.39 is 11.8 Å². The third-order valence-electron chi connectivity index (χ3n) is 3.33. The third kappa shape index (κ3) is 5.01. The number of carbonyl (C=O) groups excluding carboxylic acids is 2. The lowest BCUT2D eigenvalue weighted by atomic mass is 10.2. The largest absolute Gasteiger partial charge is 0.347 e. The average Bonchev–Trinajstić information content (AvgIpc) is 2.89. The Kier molecular flexibility index (Phi) is 6.67. The van der Waals surface area contributed by atoms with Gasteiger partial charge >= 0.3 is 11.8 Å². The van der Waals surface area contributed by atoms with Crippen LogP contribution in [-0.4, -0.2) is 56.0 Å². The maximum absolute atomic E-state index is 11.4. The van der Waals surface area contributed by atoms with Crippen molar-refractivity contribution in [2.24, 2.45) is 5.73 Å². The molecule has 1 saturated carbocycles. The topological polar surface area (TPSA) is 87.5 Å². The standard InChI is InChI=1S/C12H24N4O2/c1-16(10-4-2-3-5-10)9-8-15-12(18)11(17)14-7-6-13/h10H,2-9,13H2,1H3,(H,14,17)(H,15,18). The molecule has 18 heavy (non-hydrogen) atoms. The van der Waals surface area contributed by atoms with E-state index in [1.165, 1.54) is 25.7 Å². The van der Waals surface area contributed by atoms with E-state index >= 15 is 0 Å². The van der Waals surface area contributed by atoms with Crippen molar-refractivity contribution in [1.29, 1.82) is 0 Å². The Morgan fingerprint density at radius 3 is 2.28 bits per heavy atom. The van der Waals surface area contributed by atoms with E-state index in [0.29, 0.717) is 25.7 Å². The quantitative estimate of drug-likeness (QED) is 0.535. The van der Waals surface area contributed by atoms with Crippen molar-refractivity contribution in [3.63, 3.8) is 0 Å². The van der Waals surface area contributed by atoms with Gasteiger partial charge in [0, 0.05) is 32.2 Å². The van der Waals surface area contributed by atoms with E-state index in [2.05, 4.69) is 22.6 Å². The Bertz CT molecular complexity index is 277. The molecule has 0 aliphatic heterocycles. The molecule has 0 bridgehead atoms. The lowest BCUT2D eigenvalue weighted by Crippen LogP contribution is -2.44. The maximum atomic E-state index is 11.4. The van der Waals surface area contributed by atoms with E-state index in [0.717, 1.165) is 6.54 Å². The van der Waals surface area contributed by atoms with Crippen molar-refractivity contribution in [2.45, 2.75) is 31.7 Å². The number of hydrogen-bond donors (Lipinski definition) is 3. The molecule has 0 heterocycles. The Morgan fingerprint density at radius 1 is 1.17 bits per heavy atom. The molecule has 4 N–H and O–H groups in total. The lowest BCUT2D eigenvalue weighted by Gasteiger charge is -2.23. The predicted molar refractivity (Wildman–Crippen MR) is 70.0 cm³/mol. The van der Waals surface area contributed by atoms with Gasteiger partial charge in [-0.1, -0.05) is 12.8 Å². The molecule has 0 spiro atoms. The molecule has 6 heteroatoms. The van der Waals surface area contributed by atoms with Gasteiger partial charge in [-0.25, -0.2) is 0 Å². The molecule has 104 valence electrons. The van der Waals surface area contributed by atoms with E-state index in [9.17, 15) is 9.59 Å². The minimum absolute atomic E-state index is 0.328. The smallest absolute Gasteiger partial charge is 0.309 e. The number of likely N-dealkylation sites (N-methyl/N-ethyl adjacent to an activating group) is 1. The monoisotopic (exact) mass is 256 g/mol. The second-order valence-corrected chi connectivity index (χ2v) is 4.72. The third-order valence-corrected chi connectivity index (χ3v) is 3.33.